The van der Waals surface area contributed by atoms with Crippen LogP contribution in [0.15, 0.2) is 54.6 Å². The van der Waals surface area contributed by atoms with Crippen LogP contribution >= 0.6 is 0 Å². The number of Topliss-reactive ketones (excluding diaryl/α,β-unsaturated/α-hetero) is 1. The Morgan fingerprint density at radius 1 is 0.952 bits per heavy atom. The summed E-state index contributed by atoms with van der Waals surface area (Å²) < 4.78 is 5.67. The highest BCUT2D eigenvalue weighted by Gasteiger charge is 2.09. The second-order valence-electron chi connectivity index (χ2n) is 5.50. The van der Waals surface area contributed by atoms with Crippen LogP contribution in [0.2, 0.25) is 0 Å². The molecule has 2 heteroatoms. The Morgan fingerprint density at radius 2 is 1.62 bits per heavy atom. The van der Waals surface area contributed by atoms with Crippen LogP contribution in [-0.2, 0) is 17.8 Å². The summed E-state index contributed by atoms with van der Waals surface area (Å²) in [5.74, 6) is 0.243. The number of ether oxygens (including phenoxy) is 1. The molecule has 2 rings (SSSR count). The van der Waals surface area contributed by atoms with Crippen molar-refractivity contribution in [2.45, 2.75) is 26.9 Å². The molecular weight excluding hydrogens is 260 g/mol. The van der Waals surface area contributed by atoms with Crippen LogP contribution in [0, 0.1) is 5.92 Å². The molecule has 0 bridgehead atoms. The second kappa shape index (κ2) is 7.75. The Hall–Kier alpha value is -1.93. The molecule has 0 radical (unpaired) electrons. The van der Waals surface area contributed by atoms with E-state index in [1.54, 1.807) is 0 Å². The Bertz CT molecular complexity index is 556. The van der Waals surface area contributed by atoms with Gasteiger partial charge >= 0.3 is 0 Å². The molecule has 2 aromatic carbocycles. The van der Waals surface area contributed by atoms with Crippen LogP contribution in [0.3, 0.4) is 0 Å². The minimum Gasteiger partial charge on any atom is -0.376 e. The third-order valence-corrected chi connectivity index (χ3v) is 3.41. The predicted molar refractivity (Wildman–Crippen MR) is 85.4 cm³/mol. The fourth-order valence-corrected chi connectivity index (χ4v) is 2.12. The minimum atomic E-state index is 0.0463. The minimum absolute atomic E-state index is 0.0463. The van der Waals surface area contributed by atoms with Crippen molar-refractivity contribution in [3.8, 4) is 0 Å². The first kappa shape index (κ1) is 15.5. The number of carbonyl (C=O) groups is 1. The van der Waals surface area contributed by atoms with E-state index in [2.05, 4.69) is 12.1 Å². The van der Waals surface area contributed by atoms with Crippen LogP contribution in [-0.4, -0.2) is 12.4 Å². The topological polar surface area (TPSA) is 26.3 Å². The quantitative estimate of drug-likeness (QED) is 0.559. The number of benzene rings is 2. The summed E-state index contributed by atoms with van der Waals surface area (Å²) in [5.41, 5.74) is 3.18. The average Bonchev–Trinajstić information content (AvgIpc) is 2.52. The van der Waals surface area contributed by atoms with E-state index in [0.29, 0.717) is 13.2 Å². The molecule has 2 nitrogen and oxygen atoms in total. The van der Waals surface area contributed by atoms with E-state index in [1.807, 2.05) is 56.3 Å². The maximum absolute atomic E-state index is 11.8. The lowest BCUT2D eigenvalue weighted by Gasteiger charge is -2.07. The molecule has 21 heavy (non-hydrogen) atoms. The zero-order valence-electron chi connectivity index (χ0n) is 12.7. The monoisotopic (exact) mass is 282 g/mol. The van der Waals surface area contributed by atoms with Gasteiger partial charge in [0.15, 0.2) is 5.78 Å². The van der Waals surface area contributed by atoms with Gasteiger partial charge in [0.25, 0.3) is 0 Å². The van der Waals surface area contributed by atoms with Crippen molar-refractivity contribution in [3.05, 3.63) is 71.3 Å². The molecule has 0 aromatic heterocycles. The number of hydrogen-bond acceptors (Lipinski definition) is 2. The summed E-state index contributed by atoms with van der Waals surface area (Å²) in [6.45, 7) is 5.18. The van der Waals surface area contributed by atoms with E-state index in [1.165, 1.54) is 11.1 Å². The number of carbonyl (C=O) groups excluding carboxylic acids is 1. The van der Waals surface area contributed by atoms with Gasteiger partial charge in [-0.1, -0.05) is 68.4 Å². The van der Waals surface area contributed by atoms with E-state index in [-0.39, 0.29) is 11.7 Å². The molecule has 0 aliphatic heterocycles. The summed E-state index contributed by atoms with van der Waals surface area (Å²) in [7, 11) is 0. The second-order valence-corrected chi connectivity index (χ2v) is 5.50. The first-order chi connectivity index (χ1) is 10.2. The lowest BCUT2D eigenvalue weighted by molar-refractivity contribution is 0.0939. The van der Waals surface area contributed by atoms with Crippen LogP contribution in [0.1, 0.15) is 35.3 Å². The van der Waals surface area contributed by atoms with Crippen molar-refractivity contribution in [1.82, 2.24) is 0 Å². The van der Waals surface area contributed by atoms with E-state index < -0.39 is 0 Å². The van der Waals surface area contributed by atoms with Gasteiger partial charge in [0.1, 0.15) is 0 Å². The van der Waals surface area contributed by atoms with Gasteiger partial charge in [0.2, 0.25) is 0 Å². The lowest BCUT2D eigenvalue weighted by atomic mass is 9.99. The van der Waals surface area contributed by atoms with E-state index >= 15 is 0 Å². The van der Waals surface area contributed by atoms with Gasteiger partial charge in [0.05, 0.1) is 13.2 Å². The first-order valence-corrected chi connectivity index (χ1v) is 7.41. The Balaban J connectivity index is 1.77. The maximum atomic E-state index is 11.8. The van der Waals surface area contributed by atoms with Gasteiger partial charge in [-0.15, -0.1) is 0 Å². The molecular formula is C19H22O2. The van der Waals surface area contributed by atoms with Gasteiger partial charge < -0.3 is 4.74 Å². The third-order valence-electron chi connectivity index (χ3n) is 3.41. The maximum Gasteiger partial charge on any atom is 0.165 e. The number of hydrogen-bond donors (Lipinski definition) is 0. The third kappa shape index (κ3) is 4.83. The smallest absolute Gasteiger partial charge is 0.165 e. The summed E-state index contributed by atoms with van der Waals surface area (Å²) in [4.78, 5) is 11.8. The van der Waals surface area contributed by atoms with Crippen LogP contribution in [0.5, 0.6) is 0 Å². The summed E-state index contributed by atoms with van der Waals surface area (Å²) in [6.07, 6.45) is 0.864. The molecule has 0 saturated carbocycles. The van der Waals surface area contributed by atoms with Gasteiger partial charge in [-0.2, -0.15) is 0 Å². The zero-order chi connectivity index (χ0) is 15.1. The Kier molecular flexibility index (Phi) is 5.70. The molecule has 0 N–H and O–H groups in total. The Labute approximate surface area is 126 Å². The first-order valence-electron chi connectivity index (χ1n) is 7.41. The Morgan fingerprint density at radius 3 is 2.24 bits per heavy atom. The molecule has 0 amide bonds. The van der Waals surface area contributed by atoms with Gasteiger partial charge in [-0.25, -0.2) is 0 Å². The van der Waals surface area contributed by atoms with E-state index in [9.17, 15) is 4.79 Å². The van der Waals surface area contributed by atoms with Crippen LogP contribution in [0.25, 0.3) is 0 Å². The highest BCUT2D eigenvalue weighted by atomic mass is 16.5. The lowest BCUT2D eigenvalue weighted by Crippen LogP contribution is -2.07. The fourth-order valence-electron chi connectivity index (χ4n) is 2.12. The molecule has 0 aliphatic rings. The number of rotatable bonds is 7. The molecule has 0 heterocycles. The summed E-state index contributed by atoms with van der Waals surface area (Å²) in [6, 6.07) is 18.0. The van der Waals surface area contributed by atoms with Gasteiger partial charge in [-0.05, 0) is 17.5 Å². The molecule has 0 fully saturated rings. The van der Waals surface area contributed by atoms with Gasteiger partial charge in [0, 0.05) is 11.5 Å². The average molecular weight is 282 g/mol. The fraction of sp³-hybridized carbons (Fsp3) is 0.316. The van der Waals surface area contributed by atoms with E-state index in [4.69, 9.17) is 4.74 Å². The van der Waals surface area contributed by atoms with Crippen molar-refractivity contribution in [3.63, 3.8) is 0 Å². The molecule has 2 aromatic rings. The molecule has 0 atom stereocenters. The summed E-state index contributed by atoms with van der Waals surface area (Å²) >= 11 is 0. The van der Waals surface area contributed by atoms with Gasteiger partial charge in [-0.3, -0.25) is 4.79 Å². The van der Waals surface area contributed by atoms with Crippen molar-refractivity contribution < 1.29 is 9.53 Å². The largest absolute Gasteiger partial charge is 0.376 e. The normalized spacial score (nSPS) is 10.8. The SMILES string of the molecule is CC(C)C(=O)c1ccc(CCOCc2ccccc2)cc1. The zero-order valence-corrected chi connectivity index (χ0v) is 12.7. The van der Waals surface area contributed by atoms with Crippen molar-refractivity contribution in [2.75, 3.05) is 6.61 Å². The molecule has 110 valence electrons. The van der Waals surface area contributed by atoms with E-state index in [0.717, 1.165) is 12.0 Å². The molecule has 0 unspecified atom stereocenters. The molecule has 0 saturated heterocycles. The molecule has 0 aliphatic carbocycles. The highest BCUT2D eigenvalue weighted by Crippen LogP contribution is 2.11. The standard InChI is InChI=1S/C19H22O2/c1-15(2)19(20)18-10-8-16(9-11-18)12-13-21-14-17-6-4-3-5-7-17/h3-11,15H,12-14H2,1-2H3. The predicted octanol–water partition coefficient (Wildman–Crippen LogP) is 4.28. The highest BCUT2D eigenvalue weighted by molar-refractivity contribution is 5.97. The molecule has 0 spiro atoms. The van der Waals surface area contributed by atoms with Crippen molar-refractivity contribution in [2.24, 2.45) is 5.92 Å². The van der Waals surface area contributed by atoms with Crippen molar-refractivity contribution in [1.29, 1.82) is 0 Å². The van der Waals surface area contributed by atoms with Crippen LogP contribution < -0.4 is 0 Å². The van der Waals surface area contributed by atoms with Crippen LogP contribution in [0.4, 0.5) is 0 Å². The summed E-state index contributed by atoms with van der Waals surface area (Å²) in [5, 5.41) is 0. The van der Waals surface area contributed by atoms with Crippen molar-refractivity contribution >= 4 is 5.78 Å². The number of ketones is 1.